The Hall–Kier alpha value is -1.47. The van der Waals surface area contributed by atoms with Crippen LogP contribution in [0.3, 0.4) is 0 Å². The number of hydrogen-bond donors (Lipinski definition) is 1. The minimum absolute atomic E-state index is 0.162. The van der Waals surface area contributed by atoms with Gasteiger partial charge < -0.3 is 5.32 Å². The third-order valence-corrected chi connectivity index (χ3v) is 5.22. The molecule has 1 heterocycles. The molecule has 0 bridgehead atoms. The van der Waals surface area contributed by atoms with E-state index >= 15 is 0 Å². The van der Waals surface area contributed by atoms with E-state index in [1.807, 2.05) is 6.92 Å². The molecule has 1 amide bonds. The maximum absolute atomic E-state index is 12.9. The van der Waals surface area contributed by atoms with Crippen LogP contribution in [0.1, 0.15) is 31.4 Å². The fourth-order valence-corrected chi connectivity index (χ4v) is 3.54. The zero-order valence-electron chi connectivity index (χ0n) is 12.8. The van der Waals surface area contributed by atoms with Crippen molar-refractivity contribution in [2.24, 2.45) is 5.92 Å². The van der Waals surface area contributed by atoms with Crippen molar-refractivity contribution in [1.82, 2.24) is 9.62 Å². The van der Waals surface area contributed by atoms with E-state index in [2.05, 4.69) is 5.32 Å². The highest BCUT2D eigenvalue weighted by atomic mass is 32.2. The summed E-state index contributed by atoms with van der Waals surface area (Å²) in [5.74, 6) is -0.824. The highest BCUT2D eigenvalue weighted by Gasteiger charge is 2.30. The van der Waals surface area contributed by atoms with Gasteiger partial charge in [-0.15, -0.1) is 0 Å². The Balaban J connectivity index is 1.98. The molecule has 1 N–H and O–H groups in total. The number of piperidine rings is 1. The molecule has 22 heavy (non-hydrogen) atoms. The van der Waals surface area contributed by atoms with Crippen LogP contribution in [0.2, 0.25) is 0 Å². The summed E-state index contributed by atoms with van der Waals surface area (Å²) in [6.07, 6.45) is 2.51. The molecule has 1 aromatic carbocycles. The van der Waals surface area contributed by atoms with Crippen LogP contribution in [0.5, 0.6) is 0 Å². The van der Waals surface area contributed by atoms with Gasteiger partial charge in [-0.2, -0.15) is 0 Å². The normalized spacial score (nSPS) is 21.3. The molecule has 1 fully saturated rings. The van der Waals surface area contributed by atoms with Crippen LogP contribution in [-0.2, 0) is 14.8 Å². The number of nitrogens with zero attached hydrogens (tertiary/aromatic N) is 1. The van der Waals surface area contributed by atoms with E-state index in [4.69, 9.17) is 0 Å². The predicted molar refractivity (Wildman–Crippen MR) is 82.1 cm³/mol. The minimum Gasteiger partial charge on any atom is -0.349 e. The number of carbonyl (C=O) groups excluding carboxylic acids is 1. The van der Waals surface area contributed by atoms with Crippen molar-refractivity contribution in [3.05, 3.63) is 35.6 Å². The second kappa shape index (κ2) is 6.75. The molecule has 0 saturated carbocycles. The number of rotatable bonds is 4. The summed E-state index contributed by atoms with van der Waals surface area (Å²) in [5, 5.41) is 2.87. The standard InChI is InChI=1S/C15H21FN2O3S/c1-11(12-5-7-14(16)8-6-12)17-15(19)13-4-3-9-18(10-13)22(2,20)21/h5-8,11,13H,3-4,9-10H2,1-2H3,(H,17,19)/t11-,13-/m1/s1. The lowest BCUT2D eigenvalue weighted by Crippen LogP contribution is -2.45. The second-order valence-corrected chi connectivity index (χ2v) is 7.72. The van der Waals surface area contributed by atoms with Gasteiger partial charge in [-0.25, -0.2) is 17.1 Å². The molecule has 2 atom stereocenters. The minimum atomic E-state index is -3.27. The van der Waals surface area contributed by atoms with Crippen molar-refractivity contribution in [2.45, 2.75) is 25.8 Å². The smallest absolute Gasteiger partial charge is 0.224 e. The van der Waals surface area contributed by atoms with Crippen molar-refractivity contribution in [3.63, 3.8) is 0 Å². The van der Waals surface area contributed by atoms with Gasteiger partial charge in [-0.05, 0) is 37.5 Å². The molecule has 0 aliphatic carbocycles. The summed E-state index contributed by atoms with van der Waals surface area (Å²) in [6.45, 7) is 2.51. The van der Waals surface area contributed by atoms with Crippen molar-refractivity contribution >= 4 is 15.9 Å². The molecule has 1 aromatic rings. The number of benzene rings is 1. The Labute approximate surface area is 130 Å². The lowest BCUT2D eigenvalue weighted by atomic mass is 9.98. The SMILES string of the molecule is C[C@@H](NC(=O)[C@@H]1CCCN(S(C)(=O)=O)C1)c1ccc(F)cc1. The van der Waals surface area contributed by atoms with E-state index in [0.717, 1.165) is 11.8 Å². The number of nitrogens with one attached hydrogen (secondary N) is 1. The highest BCUT2D eigenvalue weighted by Crippen LogP contribution is 2.20. The molecule has 7 heteroatoms. The first-order chi connectivity index (χ1) is 10.3. The Kier molecular flexibility index (Phi) is 5.18. The van der Waals surface area contributed by atoms with Gasteiger partial charge in [-0.1, -0.05) is 12.1 Å². The Morgan fingerprint density at radius 2 is 2.00 bits per heavy atom. The van der Waals surface area contributed by atoms with E-state index in [9.17, 15) is 17.6 Å². The van der Waals surface area contributed by atoms with Crippen LogP contribution in [0.4, 0.5) is 4.39 Å². The zero-order chi connectivity index (χ0) is 16.3. The van der Waals surface area contributed by atoms with Gasteiger partial charge in [0, 0.05) is 13.1 Å². The average molecular weight is 328 g/mol. The van der Waals surface area contributed by atoms with Gasteiger partial charge >= 0.3 is 0 Å². The highest BCUT2D eigenvalue weighted by molar-refractivity contribution is 7.88. The number of halogens is 1. The van der Waals surface area contributed by atoms with E-state index in [1.54, 1.807) is 12.1 Å². The molecule has 2 rings (SSSR count). The third kappa shape index (κ3) is 4.27. The van der Waals surface area contributed by atoms with Crippen molar-refractivity contribution < 1.29 is 17.6 Å². The summed E-state index contributed by atoms with van der Waals surface area (Å²) in [4.78, 5) is 12.3. The Morgan fingerprint density at radius 1 is 1.36 bits per heavy atom. The Bertz CT molecular complexity index is 631. The molecule has 1 aliphatic heterocycles. The summed E-state index contributed by atoms with van der Waals surface area (Å²) < 4.78 is 37.4. The van der Waals surface area contributed by atoms with Crippen LogP contribution in [0.15, 0.2) is 24.3 Å². The molecule has 0 unspecified atom stereocenters. The first kappa shape index (κ1) is 16.9. The van der Waals surface area contributed by atoms with Crippen LogP contribution in [0, 0.1) is 11.7 Å². The fraction of sp³-hybridized carbons (Fsp3) is 0.533. The zero-order valence-corrected chi connectivity index (χ0v) is 13.6. The van der Waals surface area contributed by atoms with E-state index in [1.165, 1.54) is 16.4 Å². The first-order valence-electron chi connectivity index (χ1n) is 7.28. The molecule has 1 aliphatic rings. The van der Waals surface area contributed by atoms with Gasteiger partial charge in [0.05, 0.1) is 18.2 Å². The van der Waals surface area contributed by atoms with Crippen LogP contribution in [-0.4, -0.2) is 38.0 Å². The summed E-state index contributed by atoms with van der Waals surface area (Å²) in [7, 11) is -3.27. The summed E-state index contributed by atoms with van der Waals surface area (Å²) in [5.41, 5.74) is 0.811. The van der Waals surface area contributed by atoms with Gasteiger partial charge in [0.1, 0.15) is 5.82 Å². The van der Waals surface area contributed by atoms with Crippen molar-refractivity contribution in [1.29, 1.82) is 0 Å². The van der Waals surface area contributed by atoms with Crippen LogP contribution >= 0.6 is 0 Å². The van der Waals surface area contributed by atoms with Gasteiger partial charge in [0.15, 0.2) is 0 Å². The number of sulfonamides is 1. The van der Waals surface area contributed by atoms with Gasteiger partial charge in [0.25, 0.3) is 0 Å². The Morgan fingerprint density at radius 3 is 2.59 bits per heavy atom. The molecule has 122 valence electrons. The molecule has 0 radical (unpaired) electrons. The van der Waals surface area contributed by atoms with Crippen molar-refractivity contribution in [2.75, 3.05) is 19.3 Å². The monoisotopic (exact) mass is 328 g/mol. The second-order valence-electron chi connectivity index (χ2n) is 5.74. The number of hydrogen-bond acceptors (Lipinski definition) is 3. The lowest BCUT2D eigenvalue weighted by Gasteiger charge is -2.30. The van der Waals surface area contributed by atoms with Gasteiger partial charge in [0.2, 0.25) is 15.9 Å². The van der Waals surface area contributed by atoms with Gasteiger partial charge in [-0.3, -0.25) is 4.79 Å². The number of carbonyl (C=O) groups is 1. The molecular formula is C15H21FN2O3S. The molecule has 0 aromatic heterocycles. The lowest BCUT2D eigenvalue weighted by molar-refractivity contribution is -0.126. The molecular weight excluding hydrogens is 307 g/mol. The molecule has 5 nitrogen and oxygen atoms in total. The van der Waals surface area contributed by atoms with Crippen LogP contribution in [0.25, 0.3) is 0 Å². The number of amides is 1. The maximum atomic E-state index is 12.9. The third-order valence-electron chi connectivity index (χ3n) is 3.95. The van der Waals surface area contributed by atoms with E-state index in [-0.39, 0.29) is 30.2 Å². The summed E-state index contributed by atoms with van der Waals surface area (Å²) in [6, 6.07) is 5.71. The fourth-order valence-electron chi connectivity index (χ4n) is 2.62. The topological polar surface area (TPSA) is 66.5 Å². The predicted octanol–water partition coefficient (Wildman–Crippen LogP) is 1.67. The van der Waals surface area contributed by atoms with E-state index in [0.29, 0.717) is 19.4 Å². The summed E-state index contributed by atoms with van der Waals surface area (Å²) >= 11 is 0. The van der Waals surface area contributed by atoms with Crippen molar-refractivity contribution in [3.8, 4) is 0 Å². The van der Waals surface area contributed by atoms with E-state index < -0.39 is 10.0 Å². The molecule has 1 saturated heterocycles. The largest absolute Gasteiger partial charge is 0.349 e. The maximum Gasteiger partial charge on any atom is 0.224 e. The molecule has 0 spiro atoms. The average Bonchev–Trinajstić information content (AvgIpc) is 2.47. The quantitative estimate of drug-likeness (QED) is 0.914. The first-order valence-corrected chi connectivity index (χ1v) is 9.13. The van der Waals surface area contributed by atoms with Crippen LogP contribution < -0.4 is 5.32 Å².